The molecule has 1 aromatic carbocycles. The SMILES string of the molecule is CCNC1CCCCc2c(F)cc(OC)c(OC)c21. The normalized spacial score (nSPS) is 18.6. The van der Waals surface area contributed by atoms with Gasteiger partial charge in [0.15, 0.2) is 11.5 Å². The fraction of sp³-hybridized carbons (Fsp3) is 0.600. The average Bonchev–Trinajstić information content (AvgIpc) is 2.62. The van der Waals surface area contributed by atoms with Gasteiger partial charge in [0.1, 0.15) is 5.82 Å². The first-order valence-electron chi connectivity index (χ1n) is 6.89. The zero-order chi connectivity index (χ0) is 13.8. The van der Waals surface area contributed by atoms with Gasteiger partial charge in [0.25, 0.3) is 0 Å². The zero-order valence-electron chi connectivity index (χ0n) is 11.9. The summed E-state index contributed by atoms with van der Waals surface area (Å²) in [5.74, 6) is 0.966. The zero-order valence-corrected chi connectivity index (χ0v) is 11.9. The van der Waals surface area contributed by atoms with E-state index in [1.54, 1.807) is 14.2 Å². The van der Waals surface area contributed by atoms with Crippen LogP contribution in [-0.4, -0.2) is 20.8 Å². The number of hydrogen-bond donors (Lipinski definition) is 1. The lowest BCUT2D eigenvalue weighted by Crippen LogP contribution is -2.22. The summed E-state index contributed by atoms with van der Waals surface area (Å²) in [6.45, 7) is 2.92. The van der Waals surface area contributed by atoms with Gasteiger partial charge in [-0.1, -0.05) is 13.3 Å². The lowest BCUT2D eigenvalue weighted by Gasteiger charge is -2.23. The summed E-state index contributed by atoms with van der Waals surface area (Å²) in [7, 11) is 3.16. The van der Waals surface area contributed by atoms with Gasteiger partial charge in [-0.3, -0.25) is 0 Å². The minimum absolute atomic E-state index is 0.141. The third-order valence-electron chi connectivity index (χ3n) is 3.73. The molecule has 1 aliphatic carbocycles. The van der Waals surface area contributed by atoms with Crippen molar-refractivity contribution < 1.29 is 13.9 Å². The molecular formula is C15H22FNO2. The first-order valence-corrected chi connectivity index (χ1v) is 6.89. The molecule has 2 rings (SSSR count). The maximum Gasteiger partial charge on any atom is 0.165 e. The quantitative estimate of drug-likeness (QED) is 0.850. The molecule has 1 atom stereocenters. The standard InChI is InChI=1S/C15H22FNO2/c1-4-17-12-8-6-5-7-10-11(16)9-13(18-2)15(19-3)14(10)12/h9,12,17H,4-8H2,1-3H3. The van der Waals surface area contributed by atoms with Crippen molar-refractivity contribution in [2.24, 2.45) is 0 Å². The average molecular weight is 267 g/mol. The van der Waals surface area contributed by atoms with E-state index in [0.29, 0.717) is 11.5 Å². The minimum Gasteiger partial charge on any atom is -0.493 e. The molecule has 0 amide bonds. The van der Waals surface area contributed by atoms with E-state index < -0.39 is 0 Å². The van der Waals surface area contributed by atoms with Crippen LogP contribution in [0.15, 0.2) is 6.07 Å². The predicted molar refractivity (Wildman–Crippen MR) is 73.5 cm³/mol. The van der Waals surface area contributed by atoms with Gasteiger partial charge < -0.3 is 14.8 Å². The predicted octanol–water partition coefficient (Wildman–Crippen LogP) is 3.22. The summed E-state index contributed by atoms with van der Waals surface area (Å²) < 4.78 is 25.0. The largest absolute Gasteiger partial charge is 0.493 e. The van der Waals surface area contributed by atoms with Crippen LogP contribution < -0.4 is 14.8 Å². The first-order chi connectivity index (χ1) is 9.22. The maximum atomic E-state index is 14.3. The Kier molecular flexibility index (Phi) is 4.64. The van der Waals surface area contributed by atoms with Crippen LogP contribution in [0.5, 0.6) is 11.5 Å². The summed E-state index contributed by atoms with van der Waals surface area (Å²) in [6, 6.07) is 1.58. The summed E-state index contributed by atoms with van der Waals surface area (Å²) in [6.07, 6.45) is 3.88. The number of ether oxygens (including phenoxy) is 2. The lowest BCUT2D eigenvalue weighted by molar-refractivity contribution is 0.342. The van der Waals surface area contributed by atoms with Crippen molar-refractivity contribution in [3.8, 4) is 11.5 Å². The number of hydrogen-bond acceptors (Lipinski definition) is 3. The molecule has 1 unspecified atom stereocenters. The summed E-state index contributed by atoms with van der Waals surface area (Å²) in [5.41, 5.74) is 1.72. The van der Waals surface area contributed by atoms with Crippen molar-refractivity contribution in [1.82, 2.24) is 5.32 Å². The van der Waals surface area contributed by atoms with E-state index in [2.05, 4.69) is 12.2 Å². The molecule has 4 heteroatoms. The van der Waals surface area contributed by atoms with E-state index in [1.807, 2.05) is 0 Å². The molecule has 1 N–H and O–H groups in total. The Balaban J connectivity index is 2.60. The Bertz CT molecular complexity index is 448. The number of halogens is 1. The highest BCUT2D eigenvalue weighted by Gasteiger charge is 2.27. The topological polar surface area (TPSA) is 30.5 Å². The molecule has 0 fully saturated rings. The van der Waals surface area contributed by atoms with Gasteiger partial charge >= 0.3 is 0 Å². The lowest BCUT2D eigenvalue weighted by atomic mass is 9.96. The van der Waals surface area contributed by atoms with Crippen molar-refractivity contribution in [3.63, 3.8) is 0 Å². The fourth-order valence-corrected chi connectivity index (χ4v) is 2.90. The van der Waals surface area contributed by atoms with Crippen LogP contribution in [0.2, 0.25) is 0 Å². The van der Waals surface area contributed by atoms with E-state index in [1.165, 1.54) is 6.07 Å². The number of fused-ring (bicyclic) bond motifs is 1. The molecule has 0 bridgehead atoms. The number of nitrogens with one attached hydrogen (secondary N) is 1. The molecule has 0 heterocycles. The molecule has 19 heavy (non-hydrogen) atoms. The summed E-state index contributed by atoms with van der Waals surface area (Å²) in [4.78, 5) is 0. The Labute approximate surface area is 114 Å². The first kappa shape index (κ1) is 14.1. The number of benzene rings is 1. The van der Waals surface area contributed by atoms with Gasteiger partial charge in [-0.25, -0.2) is 4.39 Å². The van der Waals surface area contributed by atoms with Gasteiger partial charge in [-0.2, -0.15) is 0 Å². The van der Waals surface area contributed by atoms with Gasteiger partial charge in [0.2, 0.25) is 0 Å². The maximum absolute atomic E-state index is 14.3. The highest BCUT2D eigenvalue weighted by molar-refractivity contribution is 5.53. The molecule has 0 saturated carbocycles. The molecule has 3 nitrogen and oxygen atoms in total. The molecule has 0 saturated heterocycles. The van der Waals surface area contributed by atoms with E-state index >= 15 is 0 Å². The Morgan fingerprint density at radius 3 is 2.74 bits per heavy atom. The summed E-state index contributed by atoms with van der Waals surface area (Å²) in [5, 5.41) is 3.43. The van der Waals surface area contributed by atoms with Crippen molar-refractivity contribution >= 4 is 0 Å². The molecule has 0 aliphatic heterocycles. The van der Waals surface area contributed by atoms with Gasteiger partial charge in [0.05, 0.1) is 14.2 Å². The second-order valence-corrected chi connectivity index (χ2v) is 4.84. The Hall–Kier alpha value is -1.29. The molecule has 1 aliphatic rings. The third kappa shape index (κ3) is 2.68. The van der Waals surface area contributed by atoms with Gasteiger partial charge in [-0.15, -0.1) is 0 Å². The van der Waals surface area contributed by atoms with E-state index in [9.17, 15) is 4.39 Å². The second-order valence-electron chi connectivity index (χ2n) is 4.84. The number of methoxy groups -OCH3 is 2. The van der Waals surface area contributed by atoms with Crippen molar-refractivity contribution in [2.45, 2.75) is 38.6 Å². The second kappa shape index (κ2) is 6.24. The van der Waals surface area contributed by atoms with Crippen molar-refractivity contribution in [1.29, 1.82) is 0 Å². The molecule has 0 radical (unpaired) electrons. The van der Waals surface area contributed by atoms with Crippen LogP contribution in [0.4, 0.5) is 4.39 Å². The van der Waals surface area contributed by atoms with Gasteiger partial charge in [-0.05, 0) is 31.4 Å². The van der Waals surface area contributed by atoms with E-state index in [4.69, 9.17) is 9.47 Å². The molecular weight excluding hydrogens is 245 g/mol. The van der Waals surface area contributed by atoms with Crippen LogP contribution >= 0.6 is 0 Å². The highest BCUT2D eigenvalue weighted by Crippen LogP contribution is 2.42. The highest BCUT2D eigenvalue weighted by atomic mass is 19.1. The van der Waals surface area contributed by atoms with Gasteiger partial charge in [0, 0.05) is 17.7 Å². The third-order valence-corrected chi connectivity index (χ3v) is 3.73. The van der Waals surface area contributed by atoms with Crippen molar-refractivity contribution in [3.05, 3.63) is 23.0 Å². The van der Waals surface area contributed by atoms with Crippen LogP contribution in [0.1, 0.15) is 43.4 Å². The van der Waals surface area contributed by atoms with Crippen molar-refractivity contribution in [2.75, 3.05) is 20.8 Å². The van der Waals surface area contributed by atoms with Crippen LogP contribution in [0, 0.1) is 5.82 Å². The Morgan fingerprint density at radius 2 is 2.11 bits per heavy atom. The molecule has 0 spiro atoms. The fourth-order valence-electron chi connectivity index (χ4n) is 2.90. The number of rotatable bonds is 4. The van der Waals surface area contributed by atoms with Crippen LogP contribution in [0.25, 0.3) is 0 Å². The Morgan fingerprint density at radius 1 is 1.32 bits per heavy atom. The van der Waals surface area contributed by atoms with E-state index in [-0.39, 0.29) is 11.9 Å². The van der Waals surface area contributed by atoms with Crippen LogP contribution in [0.3, 0.4) is 0 Å². The minimum atomic E-state index is -0.183. The molecule has 106 valence electrons. The van der Waals surface area contributed by atoms with E-state index in [0.717, 1.165) is 43.4 Å². The smallest absolute Gasteiger partial charge is 0.165 e. The summed E-state index contributed by atoms with van der Waals surface area (Å²) >= 11 is 0. The molecule has 1 aromatic rings. The van der Waals surface area contributed by atoms with Crippen LogP contribution in [-0.2, 0) is 6.42 Å². The monoisotopic (exact) mass is 267 g/mol. The molecule has 0 aromatic heterocycles.